The Morgan fingerprint density at radius 1 is 0.417 bits per heavy atom. The summed E-state index contributed by atoms with van der Waals surface area (Å²) >= 11 is 1.71. The number of rotatable bonds is 3. The van der Waals surface area contributed by atoms with E-state index < -0.39 is 0 Å². The van der Waals surface area contributed by atoms with Gasteiger partial charge in [-0.25, -0.2) is 0 Å². The summed E-state index contributed by atoms with van der Waals surface area (Å²) in [4.78, 5) is 2.25. The van der Waals surface area contributed by atoms with E-state index in [1.54, 1.807) is 11.3 Å². The maximum absolute atomic E-state index is 2.25. The number of para-hydroxylation sites is 3. The number of hydrogen-bond acceptors (Lipinski definition) is 2. The molecule has 1 nitrogen and oxygen atoms in total. The zero-order valence-corrected chi connectivity index (χ0v) is 14.1. The van der Waals surface area contributed by atoms with Crippen LogP contribution in [0.4, 0.5) is 17.1 Å². The zero-order chi connectivity index (χ0) is 16.5. The molecule has 0 atom stereocenters. The summed E-state index contributed by atoms with van der Waals surface area (Å²) < 4.78 is 0. The van der Waals surface area contributed by atoms with Gasteiger partial charge in [0.05, 0.1) is 0 Å². The van der Waals surface area contributed by atoms with Crippen molar-refractivity contribution in [3.63, 3.8) is 0 Å². The molecule has 3 aromatic carbocycles. The van der Waals surface area contributed by atoms with Crippen molar-refractivity contribution in [1.82, 2.24) is 0 Å². The SMILES string of the molecule is c1ccc(N(c2ccccc2)c2ccccc2)cc1.c1ccsc1. The van der Waals surface area contributed by atoms with Gasteiger partial charge in [-0.05, 0) is 47.2 Å². The fraction of sp³-hybridized carbons (Fsp3) is 0. The highest BCUT2D eigenvalue weighted by atomic mass is 32.1. The van der Waals surface area contributed by atoms with Crippen molar-refractivity contribution in [2.24, 2.45) is 0 Å². The quantitative estimate of drug-likeness (QED) is 0.395. The number of nitrogens with zero attached hydrogens (tertiary/aromatic N) is 1. The summed E-state index contributed by atoms with van der Waals surface area (Å²) in [7, 11) is 0. The summed E-state index contributed by atoms with van der Waals surface area (Å²) in [6.07, 6.45) is 0. The van der Waals surface area contributed by atoms with E-state index in [1.165, 1.54) is 17.1 Å². The molecule has 0 aliphatic carbocycles. The summed E-state index contributed by atoms with van der Waals surface area (Å²) in [5, 5.41) is 4.08. The van der Waals surface area contributed by atoms with Crippen molar-refractivity contribution in [2.75, 3.05) is 4.90 Å². The maximum Gasteiger partial charge on any atom is 0.0461 e. The van der Waals surface area contributed by atoms with Gasteiger partial charge in [-0.1, -0.05) is 66.7 Å². The van der Waals surface area contributed by atoms with Crippen LogP contribution in [0.15, 0.2) is 114 Å². The molecule has 4 aromatic rings. The summed E-state index contributed by atoms with van der Waals surface area (Å²) in [6, 6.07) is 35.3. The van der Waals surface area contributed by atoms with Crippen LogP contribution < -0.4 is 4.90 Å². The summed E-state index contributed by atoms with van der Waals surface area (Å²) in [5.74, 6) is 0. The van der Waals surface area contributed by atoms with E-state index in [4.69, 9.17) is 0 Å². The molecule has 0 aliphatic rings. The summed E-state index contributed by atoms with van der Waals surface area (Å²) in [6.45, 7) is 0. The van der Waals surface area contributed by atoms with Gasteiger partial charge in [-0.3, -0.25) is 0 Å². The number of thiophene rings is 1. The van der Waals surface area contributed by atoms with E-state index in [2.05, 4.69) is 77.7 Å². The van der Waals surface area contributed by atoms with Crippen LogP contribution in [0.5, 0.6) is 0 Å². The smallest absolute Gasteiger partial charge is 0.0461 e. The Morgan fingerprint density at radius 2 is 0.750 bits per heavy atom. The van der Waals surface area contributed by atoms with Gasteiger partial charge in [0.25, 0.3) is 0 Å². The first-order valence-electron chi connectivity index (χ1n) is 7.87. The lowest BCUT2D eigenvalue weighted by molar-refractivity contribution is 1.28. The van der Waals surface area contributed by atoms with Crippen molar-refractivity contribution in [3.8, 4) is 0 Å². The van der Waals surface area contributed by atoms with Crippen molar-refractivity contribution in [2.45, 2.75) is 0 Å². The van der Waals surface area contributed by atoms with Gasteiger partial charge in [0.2, 0.25) is 0 Å². The Bertz CT molecular complexity index is 685. The highest BCUT2D eigenvalue weighted by molar-refractivity contribution is 7.07. The predicted molar refractivity (Wildman–Crippen MR) is 105 cm³/mol. The van der Waals surface area contributed by atoms with Gasteiger partial charge in [-0.15, -0.1) is 0 Å². The van der Waals surface area contributed by atoms with Gasteiger partial charge < -0.3 is 4.90 Å². The molecule has 2 heteroatoms. The normalized spacial score (nSPS) is 9.67. The second kappa shape index (κ2) is 8.70. The van der Waals surface area contributed by atoms with E-state index in [0.29, 0.717) is 0 Å². The van der Waals surface area contributed by atoms with Gasteiger partial charge in [0.1, 0.15) is 0 Å². The van der Waals surface area contributed by atoms with Gasteiger partial charge in [0, 0.05) is 17.1 Å². The molecule has 1 aromatic heterocycles. The fourth-order valence-corrected chi connectivity index (χ4v) is 2.86. The Hall–Kier alpha value is -2.84. The Labute approximate surface area is 147 Å². The number of benzene rings is 3. The second-order valence-electron chi connectivity index (χ2n) is 5.14. The molecule has 0 amide bonds. The topological polar surface area (TPSA) is 3.24 Å². The van der Waals surface area contributed by atoms with E-state index in [1.807, 2.05) is 41.1 Å². The molecule has 0 bridgehead atoms. The Morgan fingerprint density at radius 3 is 1.00 bits per heavy atom. The lowest BCUT2D eigenvalue weighted by Gasteiger charge is -2.25. The van der Waals surface area contributed by atoms with Crippen molar-refractivity contribution >= 4 is 28.4 Å². The average molecular weight is 329 g/mol. The largest absolute Gasteiger partial charge is 0.311 e. The molecule has 0 spiro atoms. The standard InChI is InChI=1S/C18H15N.C4H4S/c1-4-10-16(11-5-1)19(17-12-6-2-7-13-17)18-14-8-3-9-15-18;1-2-4-5-3-1/h1-15H;1-4H. The van der Waals surface area contributed by atoms with Crippen molar-refractivity contribution in [3.05, 3.63) is 114 Å². The fourth-order valence-electron chi connectivity index (χ4n) is 2.41. The molecular weight excluding hydrogens is 310 g/mol. The average Bonchev–Trinajstić information content (AvgIpc) is 3.25. The first kappa shape index (κ1) is 16.0. The zero-order valence-electron chi connectivity index (χ0n) is 13.3. The van der Waals surface area contributed by atoms with Gasteiger partial charge in [0.15, 0.2) is 0 Å². The third kappa shape index (κ3) is 4.34. The van der Waals surface area contributed by atoms with Crippen LogP contribution in [0.1, 0.15) is 0 Å². The van der Waals surface area contributed by atoms with Crippen LogP contribution in [-0.2, 0) is 0 Å². The molecule has 118 valence electrons. The van der Waals surface area contributed by atoms with Gasteiger partial charge in [-0.2, -0.15) is 11.3 Å². The number of hydrogen-bond donors (Lipinski definition) is 0. The van der Waals surface area contributed by atoms with Crippen LogP contribution in [0.3, 0.4) is 0 Å². The minimum absolute atomic E-state index is 1.17. The maximum atomic E-state index is 2.25. The lowest BCUT2D eigenvalue weighted by Crippen LogP contribution is -2.09. The van der Waals surface area contributed by atoms with Crippen LogP contribution in [0.25, 0.3) is 0 Å². The highest BCUT2D eigenvalue weighted by Crippen LogP contribution is 2.33. The van der Waals surface area contributed by atoms with E-state index in [-0.39, 0.29) is 0 Å². The van der Waals surface area contributed by atoms with E-state index in [0.717, 1.165) is 0 Å². The van der Waals surface area contributed by atoms with Crippen LogP contribution in [-0.4, -0.2) is 0 Å². The minimum atomic E-state index is 1.17. The van der Waals surface area contributed by atoms with Crippen molar-refractivity contribution < 1.29 is 0 Å². The summed E-state index contributed by atoms with van der Waals surface area (Å²) in [5.41, 5.74) is 3.50. The first-order chi connectivity index (χ1) is 11.9. The van der Waals surface area contributed by atoms with Crippen molar-refractivity contribution in [1.29, 1.82) is 0 Å². The second-order valence-corrected chi connectivity index (χ2v) is 5.95. The lowest BCUT2D eigenvalue weighted by atomic mass is 10.2. The van der Waals surface area contributed by atoms with Crippen LogP contribution >= 0.6 is 11.3 Å². The molecular formula is C22H19NS. The number of anilines is 3. The van der Waals surface area contributed by atoms with E-state index in [9.17, 15) is 0 Å². The molecule has 0 N–H and O–H groups in total. The monoisotopic (exact) mass is 329 g/mol. The third-order valence-corrected chi connectivity index (χ3v) is 4.10. The molecule has 0 saturated carbocycles. The minimum Gasteiger partial charge on any atom is -0.311 e. The Kier molecular flexibility index (Phi) is 5.81. The van der Waals surface area contributed by atoms with Crippen LogP contribution in [0.2, 0.25) is 0 Å². The molecule has 1 heterocycles. The molecule has 4 rings (SSSR count). The Balaban J connectivity index is 0.000000290. The molecule has 24 heavy (non-hydrogen) atoms. The van der Waals surface area contributed by atoms with Crippen LogP contribution in [0, 0.1) is 0 Å². The van der Waals surface area contributed by atoms with E-state index >= 15 is 0 Å². The predicted octanol–water partition coefficient (Wildman–Crippen LogP) is 6.90. The molecule has 0 radical (unpaired) electrons. The molecule has 0 aliphatic heterocycles. The molecule has 0 fully saturated rings. The molecule has 0 saturated heterocycles. The van der Waals surface area contributed by atoms with Gasteiger partial charge >= 0.3 is 0 Å². The molecule has 0 unspecified atom stereocenters. The highest BCUT2D eigenvalue weighted by Gasteiger charge is 2.10. The third-order valence-electron chi connectivity index (χ3n) is 3.47. The first-order valence-corrected chi connectivity index (χ1v) is 8.82.